The Kier molecular flexibility index (Phi) is 6.03. The lowest BCUT2D eigenvalue weighted by atomic mass is 10.0. The van der Waals surface area contributed by atoms with Crippen molar-refractivity contribution < 1.29 is 23.5 Å². The molecular weight excluding hydrogens is 363 g/mol. The van der Waals surface area contributed by atoms with Crippen LogP contribution in [0.3, 0.4) is 0 Å². The Morgan fingerprint density at radius 2 is 1.82 bits per heavy atom. The lowest BCUT2D eigenvalue weighted by Crippen LogP contribution is -2.30. The van der Waals surface area contributed by atoms with Crippen LogP contribution in [0.5, 0.6) is 0 Å². The molecule has 2 aromatic carbocycles. The Bertz CT molecular complexity index is 865. The maximum atomic E-state index is 13.2. The van der Waals surface area contributed by atoms with E-state index in [1.807, 2.05) is 0 Å². The van der Waals surface area contributed by atoms with Crippen molar-refractivity contribution in [3.8, 4) is 0 Å². The van der Waals surface area contributed by atoms with Crippen LogP contribution in [0.2, 0.25) is 0 Å². The average Bonchev–Trinajstić information content (AvgIpc) is 3.14. The van der Waals surface area contributed by atoms with Gasteiger partial charge < -0.3 is 15.0 Å². The molecule has 7 heteroatoms. The number of methoxy groups -OCH3 is 1. The first-order valence-corrected chi connectivity index (χ1v) is 9.01. The molecule has 0 aromatic heterocycles. The van der Waals surface area contributed by atoms with E-state index in [1.54, 1.807) is 29.2 Å². The molecule has 1 atom stereocenters. The molecule has 0 spiro atoms. The third kappa shape index (κ3) is 4.54. The summed E-state index contributed by atoms with van der Waals surface area (Å²) in [6.45, 7) is 0.677. The Hall–Kier alpha value is -3.22. The van der Waals surface area contributed by atoms with E-state index in [2.05, 4.69) is 5.32 Å². The second-order valence-electron chi connectivity index (χ2n) is 6.55. The van der Waals surface area contributed by atoms with Crippen LogP contribution in [-0.2, 0) is 14.3 Å². The van der Waals surface area contributed by atoms with Crippen molar-refractivity contribution in [3.05, 3.63) is 65.5 Å². The number of esters is 1. The molecule has 2 aromatic rings. The maximum absolute atomic E-state index is 13.2. The van der Waals surface area contributed by atoms with Gasteiger partial charge in [-0.2, -0.15) is 0 Å². The molecule has 1 N–H and O–H groups in total. The molecule has 1 heterocycles. The van der Waals surface area contributed by atoms with Gasteiger partial charge in [0.15, 0.2) is 0 Å². The maximum Gasteiger partial charge on any atom is 0.307 e. The molecule has 6 nitrogen and oxygen atoms in total. The summed E-state index contributed by atoms with van der Waals surface area (Å²) in [6.07, 6.45) is 1.29. The molecule has 0 aliphatic carbocycles. The molecule has 1 aliphatic rings. The fraction of sp³-hybridized carbons (Fsp3) is 0.286. The average molecular weight is 384 g/mol. The summed E-state index contributed by atoms with van der Waals surface area (Å²) in [7, 11) is 1.27. The predicted molar refractivity (Wildman–Crippen MR) is 101 cm³/mol. The minimum Gasteiger partial charge on any atom is -0.469 e. The summed E-state index contributed by atoms with van der Waals surface area (Å²) in [5.74, 6) is -1.19. The molecule has 28 heavy (non-hydrogen) atoms. The minimum atomic E-state index is -0.652. The van der Waals surface area contributed by atoms with Crippen molar-refractivity contribution in [2.24, 2.45) is 0 Å². The number of hydrogen-bond acceptors (Lipinski definition) is 4. The second kappa shape index (κ2) is 8.65. The molecular formula is C21H21FN2O4. The summed E-state index contributed by atoms with van der Waals surface area (Å²) >= 11 is 0. The number of carbonyl (C=O) groups excluding carboxylic acids is 3. The van der Waals surface area contributed by atoms with Gasteiger partial charge in [0.25, 0.3) is 5.91 Å². The van der Waals surface area contributed by atoms with Crippen molar-refractivity contribution in [1.82, 2.24) is 5.32 Å². The van der Waals surface area contributed by atoms with E-state index in [4.69, 9.17) is 4.74 Å². The first-order chi connectivity index (χ1) is 13.5. The van der Waals surface area contributed by atoms with Gasteiger partial charge in [0.2, 0.25) is 5.91 Å². The first-order valence-electron chi connectivity index (χ1n) is 9.01. The van der Waals surface area contributed by atoms with Crippen LogP contribution in [0, 0.1) is 5.82 Å². The van der Waals surface area contributed by atoms with Crippen LogP contribution in [0.15, 0.2) is 48.5 Å². The van der Waals surface area contributed by atoms with Crippen LogP contribution < -0.4 is 10.2 Å². The highest BCUT2D eigenvalue weighted by Gasteiger charge is 2.23. The van der Waals surface area contributed by atoms with Gasteiger partial charge in [-0.25, -0.2) is 4.39 Å². The zero-order chi connectivity index (χ0) is 20.1. The van der Waals surface area contributed by atoms with Crippen LogP contribution in [0.1, 0.15) is 41.2 Å². The summed E-state index contributed by atoms with van der Waals surface area (Å²) in [5, 5.41) is 2.79. The van der Waals surface area contributed by atoms with Crippen LogP contribution >= 0.6 is 0 Å². The van der Waals surface area contributed by atoms with Crippen LogP contribution in [0.4, 0.5) is 10.1 Å². The minimum absolute atomic E-state index is 0.0752. The number of hydrogen-bond donors (Lipinski definition) is 1. The third-order valence-electron chi connectivity index (χ3n) is 4.69. The zero-order valence-electron chi connectivity index (χ0n) is 15.5. The second-order valence-corrected chi connectivity index (χ2v) is 6.55. The molecule has 0 unspecified atom stereocenters. The van der Waals surface area contributed by atoms with Crippen molar-refractivity contribution in [2.75, 3.05) is 18.6 Å². The molecule has 146 valence electrons. The molecule has 0 bridgehead atoms. The van der Waals surface area contributed by atoms with E-state index >= 15 is 0 Å². The predicted octanol–water partition coefficient (Wildman–Crippen LogP) is 2.99. The summed E-state index contributed by atoms with van der Waals surface area (Å²) < 4.78 is 17.9. The number of ether oxygens (including phenoxy) is 1. The van der Waals surface area contributed by atoms with E-state index in [9.17, 15) is 18.8 Å². The monoisotopic (exact) mass is 384 g/mol. The summed E-state index contributed by atoms with van der Waals surface area (Å²) in [5.41, 5.74) is 1.75. The molecule has 1 aliphatic heterocycles. The van der Waals surface area contributed by atoms with E-state index in [0.717, 1.165) is 12.1 Å². The third-order valence-corrected chi connectivity index (χ3v) is 4.69. The first kappa shape index (κ1) is 19.5. The summed E-state index contributed by atoms with van der Waals surface area (Å²) in [6, 6.07) is 11.7. The van der Waals surface area contributed by atoms with Gasteiger partial charge >= 0.3 is 5.97 Å². The number of halogens is 1. The number of nitrogens with zero attached hydrogens (tertiary/aromatic N) is 1. The molecule has 3 rings (SSSR count). The largest absolute Gasteiger partial charge is 0.469 e. The van der Waals surface area contributed by atoms with E-state index < -0.39 is 17.8 Å². The Labute approximate surface area is 162 Å². The van der Waals surface area contributed by atoms with Crippen molar-refractivity contribution in [2.45, 2.75) is 25.3 Å². The lowest BCUT2D eigenvalue weighted by molar-refractivity contribution is -0.141. The van der Waals surface area contributed by atoms with Gasteiger partial charge in [-0.1, -0.05) is 12.1 Å². The smallest absolute Gasteiger partial charge is 0.307 e. The zero-order valence-corrected chi connectivity index (χ0v) is 15.5. The quantitative estimate of drug-likeness (QED) is 0.777. The Morgan fingerprint density at radius 3 is 2.39 bits per heavy atom. The molecule has 0 saturated carbocycles. The topological polar surface area (TPSA) is 75.7 Å². The standard InChI is InChI=1S/C21H21FN2O4/c1-28-20(26)13-18(14-4-8-16(22)9-5-14)23-21(27)15-6-10-17(11-7-15)24-12-2-3-19(24)25/h4-11,18H,2-3,12-13H2,1H3,(H,23,27)/t18-/m0/s1. The number of carbonyl (C=O) groups is 3. The number of rotatable bonds is 6. The van der Waals surface area contributed by atoms with Crippen molar-refractivity contribution in [1.29, 1.82) is 0 Å². The van der Waals surface area contributed by atoms with Gasteiger partial charge in [-0.3, -0.25) is 14.4 Å². The normalized spacial score (nSPS) is 14.6. The van der Waals surface area contributed by atoms with Gasteiger partial charge in [0, 0.05) is 24.2 Å². The van der Waals surface area contributed by atoms with E-state index in [0.29, 0.717) is 24.1 Å². The fourth-order valence-electron chi connectivity index (χ4n) is 3.15. The number of nitrogens with one attached hydrogen (secondary N) is 1. The molecule has 0 radical (unpaired) electrons. The van der Waals surface area contributed by atoms with Gasteiger partial charge in [-0.05, 0) is 48.4 Å². The van der Waals surface area contributed by atoms with Crippen LogP contribution in [-0.4, -0.2) is 31.4 Å². The Morgan fingerprint density at radius 1 is 1.14 bits per heavy atom. The summed E-state index contributed by atoms with van der Waals surface area (Å²) in [4.78, 5) is 37.9. The van der Waals surface area contributed by atoms with Crippen LogP contribution in [0.25, 0.3) is 0 Å². The Balaban J connectivity index is 1.74. The SMILES string of the molecule is COC(=O)C[C@H](NC(=O)c1ccc(N2CCCC2=O)cc1)c1ccc(F)cc1. The fourth-order valence-corrected chi connectivity index (χ4v) is 3.15. The number of amides is 2. The molecule has 1 saturated heterocycles. The molecule has 1 fully saturated rings. The highest BCUT2D eigenvalue weighted by molar-refractivity contribution is 5.97. The van der Waals surface area contributed by atoms with Gasteiger partial charge in [0.1, 0.15) is 5.82 Å². The number of anilines is 1. The van der Waals surface area contributed by atoms with Gasteiger partial charge in [-0.15, -0.1) is 0 Å². The number of benzene rings is 2. The highest BCUT2D eigenvalue weighted by Crippen LogP contribution is 2.23. The van der Waals surface area contributed by atoms with E-state index in [1.165, 1.54) is 31.4 Å². The highest BCUT2D eigenvalue weighted by atomic mass is 19.1. The lowest BCUT2D eigenvalue weighted by Gasteiger charge is -2.19. The van der Waals surface area contributed by atoms with Crippen molar-refractivity contribution in [3.63, 3.8) is 0 Å². The van der Waals surface area contributed by atoms with Gasteiger partial charge in [0.05, 0.1) is 19.6 Å². The molecule has 2 amide bonds. The van der Waals surface area contributed by atoms with E-state index in [-0.39, 0.29) is 18.2 Å². The van der Waals surface area contributed by atoms with Crippen molar-refractivity contribution >= 4 is 23.5 Å².